The van der Waals surface area contributed by atoms with E-state index in [-0.39, 0.29) is 11.7 Å². The van der Waals surface area contributed by atoms with Crippen molar-refractivity contribution in [2.24, 2.45) is 0 Å². The number of thiazole rings is 1. The van der Waals surface area contributed by atoms with E-state index >= 15 is 0 Å². The fourth-order valence-electron chi connectivity index (χ4n) is 2.77. The zero-order valence-corrected chi connectivity index (χ0v) is 14.0. The van der Waals surface area contributed by atoms with Crippen LogP contribution in [0, 0.1) is 0 Å². The normalized spacial score (nSPS) is 13.4. The first-order valence-electron chi connectivity index (χ1n) is 8.00. The fraction of sp³-hybridized carbons (Fsp3) is 0.389. The van der Waals surface area contributed by atoms with Gasteiger partial charge in [-0.25, -0.2) is 4.98 Å². The molecular formula is C18H20N2O2S. The molecule has 0 fully saturated rings. The second kappa shape index (κ2) is 7.04. The highest BCUT2D eigenvalue weighted by molar-refractivity contribution is 7.11. The van der Waals surface area contributed by atoms with E-state index in [1.54, 1.807) is 35.6 Å². The molecule has 3 rings (SSSR count). The van der Waals surface area contributed by atoms with Gasteiger partial charge in [-0.2, -0.15) is 0 Å². The van der Waals surface area contributed by atoms with Crippen LogP contribution in [-0.2, 0) is 24.1 Å². The van der Waals surface area contributed by atoms with E-state index in [0.29, 0.717) is 24.1 Å². The van der Waals surface area contributed by atoms with E-state index in [4.69, 9.17) is 0 Å². The van der Waals surface area contributed by atoms with Crippen LogP contribution in [0.2, 0.25) is 0 Å². The highest BCUT2D eigenvalue weighted by Crippen LogP contribution is 2.27. The molecule has 1 amide bonds. The van der Waals surface area contributed by atoms with E-state index in [1.165, 1.54) is 30.3 Å². The Hall–Kier alpha value is -2.01. The van der Waals surface area contributed by atoms with Crippen molar-refractivity contribution in [2.45, 2.75) is 45.4 Å². The minimum absolute atomic E-state index is 0.00512. The van der Waals surface area contributed by atoms with E-state index in [2.05, 4.69) is 10.3 Å². The van der Waals surface area contributed by atoms with Crippen LogP contribution in [0.4, 0.5) is 5.69 Å². The monoisotopic (exact) mass is 328 g/mol. The molecule has 0 saturated heterocycles. The first-order chi connectivity index (χ1) is 11.1. The quantitative estimate of drug-likeness (QED) is 0.849. The Morgan fingerprint density at radius 1 is 1.26 bits per heavy atom. The minimum Gasteiger partial charge on any atom is -0.326 e. The number of nitrogens with one attached hydrogen (secondary N) is 1. The number of rotatable bonds is 5. The summed E-state index contributed by atoms with van der Waals surface area (Å²) in [5.41, 5.74) is 2.52. The number of aromatic nitrogens is 1. The molecular weight excluding hydrogens is 308 g/mol. The van der Waals surface area contributed by atoms with Gasteiger partial charge in [-0.1, -0.05) is 12.1 Å². The molecule has 1 aliphatic carbocycles. The van der Waals surface area contributed by atoms with E-state index in [0.717, 1.165) is 17.8 Å². The molecule has 0 unspecified atom stereocenters. The molecule has 0 spiro atoms. The molecule has 0 bridgehead atoms. The van der Waals surface area contributed by atoms with Gasteiger partial charge >= 0.3 is 0 Å². The number of fused-ring (bicyclic) bond motifs is 1. The molecule has 1 aromatic heterocycles. The van der Waals surface area contributed by atoms with Crippen LogP contribution in [-0.4, -0.2) is 16.7 Å². The van der Waals surface area contributed by atoms with Gasteiger partial charge in [0.15, 0.2) is 5.78 Å². The van der Waals surface area contributed by atoms with Crippen LogP contribution < -0.4 is 5.32 Å². The van der Waals surface area contributed by atoms with Crippen molar-refractivity contribution in [3.05, 3.63) is 45.4 Å². The Bertz CT molecular complexity index is 713. The molecule has 2 aromatic rings. The van der Waals surface area contributed by atoms with E-state index < -0.39 is 0 Å². The molecule has 1 heterocycles. The molecule has 0 radical (unpaired) electrons. The highest BCUT2D eigenvalue weighted by Gasteiger charge is 2.15. The van der Waals surface area contributed by atoms with Crippen molar-refractivity contribution in [1.29, 1.82) is 0 Å². The predicted octanol–water partition coefficient (Wildman–Crippen LogP) is 3.80. The summed E-state index contributed by atoms with van der Waals surface area (Å²) in [7, 11) is 0. The van der Waals surface area contributed by atoms with Crippen LogP contribution in [0.3, 0.4) is 0 Å². The third-order valence-electron chi connectivity index (χ3n) is 4.01. The van der Waals surface area contributed by atoms with Crippen LogP contribution in [0.1, 0.15) is 52.1 Å². The summed E-state index contributed by atoms with van der Waals surface area (Å²) in [6, 6.07) is 7.04. The Morgan fingerprint density at radius 3 is 2.87 bits per heavy atom. The van der Waals surface area contributed by atoms with Gasteiger partial charge in [0.1, 0.15) is 0 Å². The summed E-state index contributed by atoms with van der Waals surface area (Å²) >= 11 is 1.75. The lowest BCUT2D eigenvalue weighted by atomic mass is 10.0. The molecule has 0 saturated carbocycles. The van der Waals surface area contributed by atoms with Crippen molar-refractivity contribution >= 4 is 28.7 Å². The highest BCUT2D eigenvalue weighted by atomic mass is 32.1. The van der Waals surface area contributed by atoms with Gasteiger partial charge in [0.05, 0.1) is 10.7 Å². The largest absolute Gasteiger partial charge is 0.326 e. The zero-order chi connectivity index (χ0) is 16.2. The van der Waals surface area contributed by atoms with E-state index in [9.17, 15) is 9.59 Å². The summed E-state index contributed by atoms with van der Waals surface area (Å²) in [6.07, 6.45) is 5.78. The van der Waals surface area contributed by atoms with Crippen molar-refractivity contribution in [3.63, 3.8) is 0 Å². The summed E-state index contributed by atoms with van der Waals surface area (Å²) in [5, 5.41) is 3.91. The lowest BCUT2D eigenvalue weighted by Gasteiger charge is -2.06. The minimum atomic E-state index is -0.0427. The number of aryl methyl sites for hydroxylation is 3. The topological polar surface area (TPSA) is 59.1 Å². The van der Waals surface area contributed by atoms with Crippen molar-refractivity contribution in [2.75, 3.05) is 5.32 Å². The number of benzene rings is 1. The lowest BCUT2D eigenvalue weighted by Crippen LogP contribution is -2.12. The Labute approximate surface area is 140 Å². The van der Waals surface area contributed by atoms with Gasteiger partial charge in [0.25, 0.3) is 0 Å². The van der Waals surface area contributed by atoms with Crippen molar-refractivity contribution < 1.29 is 9.59 Å². The number of nitrogens with zero attached hydrogens (tertiary/aromatic N) is 1. The number of hydrogen-bond donors (Lipinski definition) is 1. The summed E-state index contributed by atoms with van der Waals surface area (Å²) in [4.78, 5) is 29.5. The summed E-state index contributed by atoms with van der Waals surface area (Å²) in [5.74, 6) is -0.0478. The van der Waals surface area contributed by atoms with Crippen molar-refractivity contribution in [3.8, 4) is 0 Å². The molecule has 0 atom stereocenters. The number of carbonyl (C=O) groups is 2. The molecule has 23 heavy (non-hydrogen) atoms. The standard InChI is InChI=1S/C18H20N2O2S/c1-12(21)13-5-4-6-14(11-13)19-17(22)9-10-18-20-15-7-2-3-8-16(15)23-18/h4-6,11H,2-3,7-10H2,1H3,(H,19,22). The molecule has 4 nitrogen and oxygen atoms in total. The number of carbonyl (C=O) groups excluding carboxylic acids is 2. The second-order valence-corrected chi connectivity index (χ2v) is 7.04. The Balaban J connectivity index is 1.56. The zero-order valence-electron chi connectivity index (χ0n) is 13.2. The van der Waals surface area contributed by atoms with Gasteiger partial charge in [0.2, 0.25) is 5.91 Å². The molecule has 1 N–H and O–H groups in total. The predicted molar refractivity (Wildman–Crippen MR) is 92.2 cm³/mol. The maximum Gasteiger partial charge on any atom is 0.224 e. The van der Waals surface area contributed by atoms with Crippen LogP contribution in [0.15, 0.2) is 24.3 Å². The van der Waals surface area contributed by atoms with Crippen LogP contribution >= 0.6 is 11.3 Å². The van der Waals surface area contributed by atoms with Crippen LogP contribution in [0.25, 0.3) is 0 Å². The third-order valence-corrected chi connectivity index (χ3v) is 5.23. The number of ketones is 1. The van der Waals surface area contributed by atoms with Crippen LogP contribution in [0.5, 0.6) is 0 Å². The third kappa shape index (κ3) is 4.05. The van der Waals surface area contributed by atoms with Crippen molar-refractivity contribution in [1.82, 2.24) is 4.98 Å². The van der Waals surface area contributed by atoms with E-state index in [1.807, 2.05) is 0 Å². The average molecular weight is 328 g/mol. The average Bonchev–Trinajstić information content (AvgIpc) is 2.96. The smallest absolute Gasteiger partial charge is 0.224 e. The first-order valence-corrected chi connectivity index (χ1v) is 8.82. The molecule has 1 aromatic carbocycles. The molecule has 0 aliphatic heterocycles. The Morgan fingerprint density at radius 2 is 2.09 bits per heavy atom. The molecule has 120 valence electrons. The first kappa shape index (κ1) is 15.9. The van der Waals surface area contributed by atoms with Gasteiger partial charge in [0, 0.05) is 29.0 Å². The number of anilines is 1. The van der Waals surface area contributed by atoms with Gasteiger partial charge in [-0.15, -0.1) is 11.3 Å². The number of hydrogen-bond acceptors (Lipinski definition) is 4. The molecule has 5 heteroatoms. The van der Waals surface area contributed by atoms with Gasteiger partial charge in [-0.05, 0) is 44.7 Å². The fourth-order valence-corrected chi connectivity index (χ4v) is 3.93. The number of Topliss-reactive ketones (excluding diaryl/α,β-unsaturated/α-hetero) is 1. The summed E-state index contributed by atoms with van der Waals surface area (Å²) < 4.78 is 0. The van der Waals surface area contributed by atoms with Gasteiger partial charge < -0.3 is 5.32 Å². The SMILES string of the molecule is CC(=O)c1cccc(NC(=O)CCc2nc3c(s2)CCCC3)c1. The molecule has 1 aliphatic rings. The lowest BCUT2D eigenvalue weighted by molar-refractivity contribution is -0.116. The maximum atomic E-state index is 12.1. The maximum absolute atomic E-state index is 12.1. The Kier molecular flexibility index (Phi) is 4.86. The second-order valence-electron chi connectivity index (χ2n) is 5.87. The number of amides is 1. The summed E-state index contributed by atoms with van der Waals surface area (Å²) in [6.45, 7) is 1.52. The van der Waals surface area contributed by atoms with Gasteiger partial charge in [-0.3, -0.25) is 9.59 Å².